The number of allylic oxidation sites excluding steroid dienone is 1. The van der Waals surface area contributed by atoms with Crippen molar-refractivity contribution in [2.45, 2.75) is 20.0 Å². The molecule has 1 N–H and O–H groups in total. The van der Waals surface area contributed by atoms with Gasteiger partial charge in [0.05, 0.1) is 0 Å². The Bertz CT molecular complexity index is 415. The van der Waals surface area contributed by atoms with Gasteiger partial charge in [0.2, 0.25) is 0 Å². The highest BCUT2D eigenvalue weighted by Gasteiger charge is 2.38. The van der Waals surface area contributed by atoms with Crippen molar-refractivity contribution >= 4 is 31.9 Å². The minimum atomic E-state index is -0.478. The molecule has 0 bridgehead atoms. The molecule has 80 valence electrons. The van der Waals surface area contributed by atoms with Gasteiger partial charge in [-0.2, -0.15) is 0 Å². The van der Waals surface area contributed by atoms with Crippen molar-refractivity contribution in [2.75, 3.05) is 0 Å². The zero-order valence-corrected chi connectivity index (χ0v) is 11.8. The monoisotopic (exact) mass is 330 g/mol. The molecule has 0 fully saturated rings. The Labute approximate surface area is 106 Å². The van der Waals surface area contributed by atoms with Crippen LogP contribution in [0.4, 0.5) is 0 Å². The predicted molar refractivity (Wildman–Crippen MR) is 68.7 cm³/mol. The molecular weight excluding hydrogens is 320 g/mol. The summed E-state index contributed by atoms with van der Waals surface area (Å²) in [6.07, 6.45) is 1.63. The van der Waals surface area contributed by atoms with Crippen LogP contribution in [-0.2, 0) is 0 Å². The number of hydrogen-bond donors (Lipinski definition) is 1. The van der Waals surface area contributed by atoms with E-state index >= 15 is 0 Å². The molecule has 0 saturated carbocycles. The van der Waals surface area contributed by atoms with E-state index < -0.39 is 6.10 Å². The molecule has 3 heteroatoms. The molecule has 1 aliphatic rings. The van der Waals surface area contributed by atoms with Crippen molar-refractivity contribution in [3.8, 4) is 0 Å². The van der Waals surface area contributed by atoms with Crippen LogP contribution in [0.15, 0.2) is 38.8 Å². The molecule has 0 spiro atoms. The van der Waals surface area contributed by atoms with Crippen molar-refractivity contribution in [1.82, 2.24) is 0 Å². The summed E-state index contributed by atoms with van der Waals surface area (Å²) < 4.78 is 1.95. The first-order valence-corrected chi connectivity index (χ1v) is 6.36. The molecule has 1 nitrogen and oxygen atoms in total. The molecule has 1 aromatic carbocycles. The van der Waals surface area contributed by atoms with Crippen molar-refractivity contribution in [3.63, 3.8) is 0 Å². The molecule has 0 radical (unpaired) electrons. The van der Waals surface area contributed by atoms with Crippen molar-refractivity contribution < 1.29 is 5.11 Å². The molecule has 0 heterocycles. The lowest BCUT2D eigenvalue weighted by Crippen LogP contribution is -2.02. The number of hydrogen-bond acceptors (Lipinski definition) is 1. The number of aliphatic hydroxyl groups excluding tert-OH is 1. The van der Waals surface area contributed by atoms with E-state index in [1.165, 1.54) is 0 Å². The SMILES string of the molecule is CC1(C)C=C1C(O)c1cc(Br)cc(Br)c1. The van der Waals surface area contributed by atoms with Crippen LogP contribution in [0.3, 0.4) is 0 Å². The summed E-state index contributed by atoms with van der Waals surface area (Å²) in [6.45, 7) is 4.22. The number of rotatable bonds is 2. The van der Waals surface area contributed by atoms with Gasteiger partial charge in [-0.05, 0) is 29.3 Å². The smallest absolute Gasteiger partial charge is 0.101 e. The highest BCUT2D eigenvalue weighted by Crippen LogP contribution is 2.50. The molecule has 0 aliphatic heterocycles. The number of aliphatic hydroxyl groups is 1. The minimum Gasteiger partial charge on any atom is -0.384 e. The summed E-state index contributed by atoms with van der Waals surface area (Å²) >= 11 is 6.84. The molecule has 0 aromatic heterocycles. The second kappa shape index (κ2) is 3.72. The van der Waals surface area contributed by atoms with Crippen LogP contribution in [-0.4, -0.2) is 5.11 Å². The Morgan fingerprint density at radius 1 is 1.13 bits per heavy atom. The second-order valence-electron chi connectivity index (χ2n) is 4.43. The van der Waals surface area contributed by atoms with E-state index in [0.717, 1.165) is 20.1 Å². The van der Waals surface area contributed by atoms with Gasteiger partial charge in [-0.3, -0.25) is 0 Å². The predicted octanol–water partition coefficient (Wildman–Crippen LogP) is 4.21. The van der Waals surface area contributed by atoms with Crippen LogP contribution in [0.1, 0.15) is 25.5 Å². The Morgan fingerprint density at radius 3 is 2.00 bits per heavy atom. The van der Waals surface area contributed by atoms with Crippen LogP contribution in [0.5, 0.6) is 0 Å². The third kappa shape index (κ3) is 2.35. The first-order valence-electron chi connectivity index (χ1n) is 4.77. The van der Waals surface area contributed by atoms with E-state index in [0.29, 0.717) is 0 Å². The molecule has 15 heavy (non-hydrogen) atoms. The van der Waals surface area contributed by atoms with Crippen molar-refractivity contribution in [1.29, 1.82) is 0 Å². The molecule has 1 atom stereocenters. The van der Waals surface area contributed by atoms with E-state index in [2.05, 4.69) is 51.8 Å². The third-order valence-corrected chi connectivity index (χ3v) is 3.59. The Kier molecular flexibility index (Phi) is 2.82. The fourth-order valence-electron chi connectivity index (χ4n) is 1.70. The molecule has 0 amide bonds. The number of benzene rings is 1. The summed E-state index contributed by atoms with van der Waals surface area (Å²) in [4.78, 5) is 0. The normalized spacial score (nSPS) is 19.7. The maximum atomic E-state index is 10.1. The van der Waals surface area contributed by atoms with E-state index in [-0.39, 0.29) is 5.41 Å². The van der Waals surface area contributed by atoms with Gasteiger partial charge in [0.15, 0.2) is 0 Å². The lowest BCUT2D eigenvalue weighted by atomic mass is 9.99. The zero-order chi connectivity index (χ0) is 11.2. The lowest BCUT2D eigenvalue weighted by molar-refractivity contribution is 0.211. The summed E-state index contributed by atoms with van der Waals surface area (Å²) in [5, 5.41) is 10.1. The van der Waals surface area contributed by atoms with Gasteiger partial charge in [-0.15, -0.1) is 0 Å². The highest BCUT2D eigenvalue weighted by atomic mass is 79.9. The summed E-state index contributed by atoms with van der Waals surface area (Å²) in [6, 6.07) is 5.86. The van der Waals surface area contributed by atoms with Crippen LogP contribution in [0.25, 0.3) is 0 Å². The standard InChI is InChI=1S/C12H12Br2O/c1-12(2)6-10(12)11(15)7-3-8(13)5-9(14)4-7/h3-6,11,15H,1-2H3. The van der Waals surface area contributed by atoms with E-state index in [4.69, 9.17) is 0 Å². The van der Waals surface area contributed by atoms with E-state index in [1.54, 1.807) is 0 Å². The minimum absolute atomic E-state index is 0.0915. The van der Waals surface area contributed by atoms with Crippen LogP contribution in [0.2, 0.25) is 0 Å². The molecule has 2 rings (SSSR count). The van der Waals surface area contributed by atoms with Crippen molar-refractivity contribution in [3.05, 3.63) is 44.4 Å². The van der Waals surface area contributed by atoms with Crippen LogP contribution < -0.4 is 0 Å². The maximum absolute atomic E-state index is 10.1. The van der Waals surface area contributed by atoms with Crippen LogP contribution in [0, 0.1) is 5.41 Å². The quantitative estimate of drug-likeness (QED) is 0.805. The van der Waals surface area contributed by atoms with Gasteiger partial charge >= 0.3 is 0 Å². The van der Waals surface area contributed by atoms with Gasteiger partial charge in [0.25, 0.3) is 0 Å². The van der Waals surface area contributed by atoms with Gasteiger partial charge < -0.3 is 5.11 Å². The van der Waals surface area contributed by atoms with Gasteiger partial charge in [0, 0.05) is 14.4 Å². The third-order valence-electron chi connectivity index (χ3n) is 2.67. The first-order chi connectivity index (χ1) is 6.90. The summed E-state index contributed by atoms with van der Waals surface area (Å²) in [7, 11) is 0. The molecule has 1 aliphatic carbocycles. The molecule has 0 saturated heterocycles. The summed E-state index contributed by atoms with van der Waals surface area (Å²) in [5.74, 6) is 0. The average molecular weight is 332 g/mol. The Hall–Kier alpha value is -0.120. The molecular formula is C12H12Br2O. The summed E-state index contributed by atoms with van der Waals surface area (Å²) in [5.41, 5.74) is 2.12. The Morgan fingerprint density at radius 2 is 1.60 bits per heavy atom. The zero-order valence-electron chi connectivity index (χ0n) is 8.59. The fraction of sp³-hybridized carbons (Fsp3) is 0.333. The topological polar surface area (TPSA) is 20.2 Å². The van der Waals surface area contributed by atoms with E-state index in [9.17, 15) is 5.11 Å². The average Bonchev–Trinajstić information content (AvgIpc) is 2.72. The lowest BCUT2D eigenvalue weighted by Gasteiger charge is -2.13. The van der Waals surface area contributed by atoms with Crippen LogP contribution >= 0.6 is 31.9 Å². The van der Waals surface area contributed by atoms with E-state index in [1.807, 2.05) is 18.2 Å². The Balaban J connectivity index is 2.27. The van der Waals surface area contributed by atoms with Gasteiger partial charge in [0.1, 0.15) is 6.10 Å². The number of halogens is 2. The molecule has 1 unspecified atom stereocenters. The highest BCUT2D eigenvalue weighted by molar-refractivity contribution is 9.11. The molecule has 1 aromatic rings. The second-order valence-corrected chi connectivity index (χ2v) is 6.26. The largest absolute Gasteiger partial charge is 0.384 e. The first kappa shape index (κ1) is 11.4. The van der Waals surface area contributed by atoms with Gasteiger partial charge in [-0.1, -0.05) is 51.8 Å². The van der Waals surface area contributed by atoms with Gasteiger partial charge in [-0.25, -0.2) is 0 Å². The maximum Gasteiger partial charge on any atom is 0.101 e. The van der Waals surface area contributed by atoms with Crippen molar-refractivity contribution in [2.24, 2.45) is 5.41 Å². The fourth-order valence-corrected chi connectivity index (χ4v) is 3.03.